The van der Waals surface area contributed by atoms with Gasteiger partial charge in [0.1, 0.15) is 11.9 Å². The van der Waals surface area contributed by atoms with E-state index in [1.807, 2.05) is 17.5 Å². The Balaban J connectivity index is 2.27. The summed E-state index contributed by atoms with van der Waals surface area (Å²) in [6, 6.07) is 3.80. The van der Waals surface area contributed by atoms with Crippen LogP contribution >= 0.6 is 11.3 Å². The molecule has 0 aromatic carbocycles. The van der Waals surface area contributed by atoms with E-state index in [-0.39, 0.29) is 0 Å². The Morgan fingerprint density at radius 3 is 3.08 bits per heavy atom. The molecule has 0 saturated heterocycles. The van der Waals surface area contributed by atoms with Gasteiger partial charge in [0.05, 0.1) is 0 Å². The van der Waals surface area contributed by atoms with Crippen LogP contribution in [0.3, 0.4) is 0 Å². The second-order valence-corrected chi connectivity index (χ2v) is 3.37. The van der Waals surface area contributed by atoms with Gasteiger partial charge in [-0.1, -0.05) is 6.07 Å². The van der Waals surface area contributed by atoms with Crippen LogP contribution in [0.25, 0.3) is 0 Å². The number of rotatable bonds is 2. The molecule has 0 spiro atoms. The van der Waals surface area contributed by atoms with Crippen LogP contribution in [0.2, 0.25) is 0 Å². The van der Waals surface area contributed by atoms with E-state index in [0.29, 0.717) is 5.82 Å². The Kier molecular flexibility index (Phi) is 1.93. The molecule has 2 heterocycles. The van der Waals surface area contributed by atoms with Gasteiger partial charge in [-0.15, -0.1) is 11.3 Å². The van der Waals surface area contributed by atoms with Crippen LogP contribution in [0.4, 0.5) is 0 Å². The molecule has 1 unspecified atom stereocenters. The van der Waals surface area contributed by atoms with Gasteiger partial charge in [0.2, 0.25) is 0 Å². The lowest BCUT2D eigenvalue weighted by molar-refractivity contribution is 0.215. The van der Waals surface area contributed by atoms with Crippen LogP contribution in [0.1, 0.15) is 16.8 Å². The molecule has 3 nitrogen and oxygen atoms in total. The fourth-order valence-electron chi connectivity index (χ4n) is 1.01. The van der Waals surface area contributed by atoms with Crippen LogP contribution < -0.4 is 0 Å². The number of aromatic amines is 1. The lowest BCUT2D eigenvalue weighted by Gasteiger charge is -2.03. The molecule has 2 rings (SSSR count). The van der Waals surface area contributed by atoms with E-state index < -0.39 is 6.10 Å². The summed E-state index contributed by atoms with van der Waals surface area (Å²) in [6.45, 7) is 0. The van der Waals surface area contributed by atoms with Gasteiger partial charge in [0, 0.05) is 17.3 Å². The average molecular weight is 180 g/mol. The molecule has 0 bridgehead atoms. The van der Waals surface area contributed by atoms with Crippen LogP contribution in [0.5, 0.6) is 0 Å². The van der Waals surface area contributed by atoms with Crippen molar-refractivity contribution in [3.05, 3.63) is 40.6 Å². The van der Waals surface area contributed by atoms with Crippen molar-refractivity contribution in [2.45, 2.75) is 6.10 Å². The van der Waals surface area contributed by atoms with Crippen molar-refractivity contribution in [2.75, 3.05) is 0 Å². The topological polar surface area (TPSA) is 48.9 Å². The van der Waals surface area contributed by atoms with E-state index in [2.05, 4.69) is 9.97 Å². The third kappa shape index (κ3) is 1.26. The van der Waals surface area contributed by atoms with Gasteiger partial charge in [-0.25, -0.2) is 4.98 Å². The molecule has 0 fully saturated rings. The highest BCUT2D eigenvalue weighted by Gasteiger charge is 2.12. The Bertz CT molecular complexity index is 294. The quantitative estimate of drug-likeness (QED) is 0.736. The number of hydrogen-bond donors (Lipinski definition) is 2. The minimum Gasteiger partial charge on any atom is -0.380 e. The Morgan fingerprint density at radius 2 is 2.50 bits per heavy atom. The van der Waals surface area contributed by atoms with Crippen molar-refractivity contribution in [2.24, 2.45) is 0 Å². The molecule has 12 heavy (non-hydrogen) atoms. The van der Waals surface area contributed by atoms with Crippen molar-refractivity contribution in [1.29, 1.82) is 0 Å². The number of aliphatic hydroxyl groups is 1. The molecule has 0 saturated carbocycles. The van der Waals surface area contributed by atoms with Gasteiger partial charge in [0.15, 0.2) is 0 Å². The first-order chi connectivity index (χ1) is 5.88. The van der Waals surface area contributed by atoms with Crippen LogP contribution in [0, 0.1) is 0 Å². The summed E-state index contributed by atoms with van der Waals surface area (Å²) >= 11 is 1.52. The highest BCUT2D eigenvalue weighted by Crippen LogP contribution is 2.22. The highest BCUT2D eigenvalue weighted by molar-refractivity contribution is 7.10. The van der Waals surface area contributed by atoms with Gasteiger partial charge >= 0.3 is 0 Å². The third-order valence-corrected chi connectivity index (χ3v) is 2.52. The number of H-pyrrole nitrogens is 1. The first kappa shape index (κ1) is 7.52. The Labute approximate surface area is 73.7 Å². The van der Waals surface area contributed by atoms with Crippen molar-refractivity contribution in [3.63, 3.8) is 0 Å². The summed E-state index contributed by atoms with van der Waals surface area (Å²) in [5, 5.41) is 11.6. The average Bonchev–Trinajstić information content (AvgIpc) is 2.77. The lowest BCUT2D eigenvalue weighted by atomic mass is 10.3. The maximum absolute atomic E-state index is 9.69. The van der Waals surface area contributed by atoms with E-state index in [1.165, 1.54) is 11.3 Å². The summed E-state index contributed by atoms with van der Waals surface area (Å²) in [7, 11) is 0. The Morgan fingerprint density at radius 1 is 1.58 bits per heavy atom. The minimum absolute atomic E-state index is 0.595. The van der Waals surface area contributed by atoms with Gasteiger partial charge in [-0.3, -0.25) is 0 Å². The smallest absolute Gasteiger partial charge is 0.146 e. The summed E-state index contributed by atoms with van der Waals surface area (Å²) in [4.78, 5) is 7.75. The Hall–Kier alpha value is -1.13. The number of hydrogen-bond acceptors (Lipinski definition) is 3. The largest absolute Gasteiger partial charge is 0.380 e. The van der Waals surface area contributed by atoms with Gasteiger partial charge in [0.25, 0.3) is 0 Å². The number of aliphatic hydroxyl groups excluding tert-OH is 1. The van der Waals surface area contributed by atoms with E-state index in [9.17, 15) is 5.11 Å². The number of nitrogens with one attached hydrogen (secondary N) is 1. The maximum Gasteiger partial charge on any atom is 0.146 e. The molecule has 0 radical (unpaired) electrons. The zero-order chi connectivity index (χ0) is 8.39. The zero-order valence-electron chi connectivity index (χ0n) is 6.27. The SMILES string of the molecule is OC(c1ncc[nH]1)c1cccs1. The predicted molar refractivity (Wildman–Crippen MR) is 47.0 cm³/mol. The van der Waals surface area contributed by atoms with Crippen molar-refractivity contribution >= 4 is 11.3 Å². The summed E-state index contributed by atoms with van der Waals surface area (Å²) < 4.78 is 0. The van der Waals surface area contributed by atoms with Gasteiger partial charge in [-0.2, -0.15) is 0 Å². The molecule has 62 valence electrons. The molecular formula is C8H8N2OS. The predicted octanol–water partition coefficient (Wildman–Crippen LogP) is 1.55. The minimum atomic E-state index is -0.611. The second kappa shape index (κ2) is 3.08. The molecule has 0 amide bonds. The van der Waals surface area contributed by atoms with Crippen molar-refractivity contribution < 1.29 is 5.11 Å². The first-order valence-electron chi connectivity index (χ1n) is 3.58. The molecule has 0 aliphatic heterocycles. The number of thiophene rings is 1. The monoisotopic (exact) mass is 180 g/mol. The summed E-state index contributed by atoms with van der Waals surface area (Å²) in [5.74, 6) is 0.595. The van der Waals surface area contributed by atoms with Crippen LogP contribution in [-0.2, 0) is 0 Å². The molecular weight excluding hydrogens is 172 g/mol. The highest BCUT2D eigenvalue weighted by atomic mass is 32.1. The molecule has 0 aliphatic rings. The summed E-state index contributed by atoms with van der Waals surface area (Å²) in [5.41, 5.74) is 0. The lowest BCUT2D eigenvalue weighted by Crippen LogP contribution is -1.98. The normalized spacial score (nSPS) is 13.1. The van der Waals surface area contributed by atoms with E-state index >= 15 is 0 Å². The summed E-state index contributed by atoms with van der Waals surface area (Å²) in [6.07, 6.45) is 2.72. The van der Waals surface area contributed by atoms with Crippen LogP contribution in [0.15, 0.2) is 29.9 Å². The molecule has 2 N–H and O–H groups in total. The fraction of sp³-hybridized carbons (Fsp3) is 0.125. The molecule has 2 aromatic rings. The van der Waals surface area contributed by atoms with E-state index in [0.717, 1.165) is 4.88 Å². The number of nitrogens with zero attached hydrogens (tertiary/aromatic N) is 1. The standard InChI is InChI=1S/C8H8N2OS/c11-7(6-2-1-5-12-6)8-9-3-4-10-8/h1-5,7,11H,(H,9,10). The first-order valence-corrected chi connectivity index (χ1v) is 4.46. The van der Waals surface area contributed by atoms with E-state index in [1.54, 1.807) is 12.4 Å². The zero-order valence-corrected chi connectivity index (χ0v) is 7.08. The van der Waals surface area contributed by atoms with Crippen LogP contribution in [-0.4, -0.2) is 15.1 Å². The third-order valence-electron chi connectivity index (χ3n) is 1.59. The van der Waals surface area contributed by atoms with Crippen molar-refractivity contribution in [3.8, 4) is 0 Å². The van der Waals surface area contributed by atoms with E-state index in [4.69, 9.17) is 0 Å². The number of imidazole rings is 1. The number of aromatic nitrogens is 2. The molecule has 1 atom stereocenters. The second-order valence-electron chi connectivity index (χ2n) is 2.39. The molecule has 2 aromatic heterocycles. The fourth-order valence-corrected chi connectivity index (χ4v) is 1.72. The molecule has 4 heteroatoms. The molecule has 0 aliphatic carbocycles. The van der Waals surface area contributed by atoms with Gasteiger partial charge in [-0.05, 0) is 11.4 Å². The maximum atomic E-state index is 9.69. The van der Waals surface area contributed by atoms with Crippen molar-refractivity contribution in [1.82, 2.24) is 9.97 Å². The van der Waals surface area contributed by atoms with Gasteiger partial charge < -0.3 is 10.1 Å².